The van der Waals surface area contributed by atoms with E-state index in [1.807, 2.05) is 30.3 Å². The van der Waals surface area contributed by atoms with E-state index >= 15 is 0 Å². The van der Waals surface area contributed by atoms with Crippen molar-refractivity contribution in [2.45, 2.75) is 32.1 Å². The van der Waals surface area contributed by atoms with Gasteiger partial charge >= 0.3 is 0 Å². The quantitative estimate of drug-likeness (QED) is 0.797. The van der Waals surface area contributed by atoms with Crippen molar-refractivity contribution in [3.05, 3.63) is 59.9 Å². The third kappa shape index (κ3) is 4.69. The van der Waals surface area contributed by atoms with E-state index < -0.39 is 0 Å². The van der Waals surface area contributed by atoms with Gasteiger partial charge in [-0.05, 0) is 55.9 Å². The Morgan fingerprint density at radius 3 is 2.72 bits per heavy atom. The zero-order valence-corrected chi connectivity index (χ0v) is 14.6. The Hall–Kier alpha value is -2.62. The largest absolute Gasteiger partial charge is 0.497 e. The van der Waals surface area contributed by atoms with Gasteiger partial charge in [0.25, 0.3) is 5.91 Å². The first-order valence-electron chi connectivity index (χ1n) is 8.82. The number of hydrogen-bond acceptors (Lipinski definition) is 3. The number of carbonyl (C=O) groups excluding carboxylic acids is 1. The Balaban J connectivity index is 1.61. The fourth-order valence-corrected chi connectivity index (χ4v) is 3.08. The summed E-state index contributed by atoms with van der Waals surface area (Å²) in [6.07, 6.45) is 11.6. The summed E-state index contributed by atoms with van der Waals surface area (Å²) in [7, 11) is 1.64. The minimum atomic E-state index is -0.0701. The van der Waals surface area contributed by atoms with Gasteiger partial charge in [-0.15, -0.1) is 0 Å². The number of nitrogens with zero attached hydrogens (tertiary/aromatic N) is 1. The summed E-state index contributed by atoms with van der Waals surface area (Å²) in [6.45, 7) is 0.678. The van der Waals surface area contributed by atoms with E-state index in [0.29, 0.717) is 12.1 Å². The molecule has 130 valence electrons. The lowest BCUT2D eigenvalue weighted by Crippen LogP contribution is -2.25. The second-order valence-corrected chi connectivity index (χ2v) is 6.30. The van der Waals surface area contributed by atoms with Crippen LogP contribution < -0.4 is 10.1 Å². The first-order valence-corrected chi connectivity index (χ1v) is 8.82. The number of hydrogen-bond donors (Lipinski definition) is 1. The maximum atomic E-state index is 12.4. The van der Waals surface area contributed by atoms with Crippen molar-refractivity contribution in [3.63, 3.8) is 0 Å². The molecule has 4 nitrogen and oxygen atoms in total. The Bertz CT molecular complexity index is 751. The van der Waals surface area contributed by atoms with Crippen molar-refractivity contribution in [2.75, 3.05) is 13.7 Å². The summed E-state index contributed by atoms with van der Waals surface area (Å²) in [5.74, 6) is 0.738. The number of ether oxygens (including phenoxy) is 1. The average Bonchev–Trinajstić information content (AvgIpc) is 2.69. The molecule has 0 spiro atoms. The minimum absolute atomic E-state index is 0.0701. The zero-order chi connectivity index (χ0) is 17.5. The van der Waals surface area contributed by atoms with Crippen LogP contribution >= 0.6 is 0 Å². The van der Waals surface area contributed by atoms with Crippen molar-refractivity contribution in [1.29, 1.82) is 0 Å². The van der Waals surface area contributed by atoms with Gasteiger partial charge in [0, 0.05) is 24.5 Å². The predicted molar refractivity (Wildman–Crippen MR) is 99.7 cm³/mol. The number of amides is 1. The van der Waals surface area contributed by atoms with Crippen LogP contribution in [0.25, 0.3) is 11.1 Å². The van der Waals surface area contributed by atoms with Gasteiger partial charge in [0.05, 0.1) is 12.7 Å². The molecule has 4 heteroatoms. The normalized spacial score (nSPS) is 13.9. The summed E-state index contributed by atoms with van der Waals surface area (Å²) in [5, 5.41) is 3.00. The number of carbonyl (C=O) groups is 1. The Morgan fingerprint density at radius 1 is 1.16 bits per heavy atom. The van der Waals surface area contributed by atoms with E-state index in [4.69, 9.17) is 4.74 Å². The van der Waals surface area contributed by atoms with E-state index in [-0.39, 0.29) is 5.91 Å². The first kappa shape index (κ1) is 17.2. The molecule has 2 aromatic rings. The van der Waals surface area contributed by atoms with Gasteiger partial charge in [-0.25, -0.2) is 0 Å². The second-order valence-electron chi connectivity index (χ2n) is 6.30. The molecule has 1 aromatic heterocycles. The topological polar surface area (TPSA) is 51.2 Å². The van der Waals surface area contributed by atoms with E-state index in [2.05, 4.69) is 16.4 Å². The van der Waals surface area contributed by atoms with Crippen LogP contribution in [0.15, 0.2) is 54.4 Å². The number of allylic oxidation sites excluding steroid dienone is 1. The molecule has 1 aromatic carbocycles. The van der Waals surface area contributed by atoms with Crippen LogP contribution in [-0.2, 0) is 0 Å². The fraction of sp³-hybridized carbons (Fsp3) is 0.333. The molecule has 0 saturated carbocycles. The van der Waals surface area contributed by atoms with Crippen LogP contribution in [0.2, 0.25) is 0 Å². The molecule has 0 radical (unpaired) electrons. The number of aromatic nitrogens is 1. The lowest BCUT2D eigenvalue weighted by molar-refractivity contribution is 0.0953. The Morgan fingerprint density at radius 2 is 2.00 bits per heavy atom. The molecule has 0 aliphatic heterocycles. The lowest BCUT2D eigenvalue weighted by atomic mass is 9.97. The van der Waals surface area contributed by atoms with E-state index in [0.717, 1.165) is 23.3 Å². The average molecular weight is 336 g/mol. The molecule has 0 saturated heterocycles. The summed E-state index contributed by atoms with van der Waals surface area (Å²) < 4.78 is 5.18. The highest BCUT2D eigenvalue weighted by atomic mass is 16.5. The highest BCUT2D eigenvalue weighted by molar-refractivity contribution is 5.95. The Kier molecular flexibility index (Phi) is 5.83. The number of benzene rings is 1. The van der Waals surface area contributed by atoms with Crippen molar-refractivity contribution < 1.29 is 9.53 Å². The molecule has 1 N–H and O–H groups in total. The molecule has 0 bridgehead atoms. The molecular formula is C21H24N2O2. The number of methoxy groups -OCH3 is 1. The van der Waals surface area contributed by atoms with Crippen molar-refractivity contribution in [3.8, 4) is 16.9 Å². The van der Waals surface area contributed by atoms with E-state index in [9.17, 15) is 4.79 Å². The van der Waals surface area contributed by atoms with Gasteiger partial charge in [-0.3, -0.25) is 9.78 Å². The van der Waals surface area contributed by atoms with Crippen LogP contribution in [0, 0.1) is 0 Å². The lowest BCUT2D eigenvalue weighted by Gasteiger charge is -2.13. The molecule has 1 aliphatic carbocycles. The molecule has 0 unspecified atom stereocenters. The van der Waals surface area contributed by atoms with Gasteiger partial charge in [0.2, 0.25) is 0 Å². The monoisotopic (exact) mass is 336 g/mol. The predicted octanol–water partition coefficient (Wildman–Crippen LogP) is 4.38. The maximum absolute atomic E-state index is 12.4. The van der Waals surface area contributed by atoms with Gasteiger partial charge in [-0.2, -0.15) is 0 Å². The summed E-state index contributed by atoms with van der Waals surface area (Å²) in [4.78, 5) is 16.6. The smallest absolute Gasteiger partial charge is 0.252 e. The van der Waals surface area contributed by atoms with Gasteiger partial charge in [0.15, 0.2) is 0 Å². The van der Waals surface area contributed by atoms with Crippen LogP contribution in [-0.4, -0.2) is 24.5 Å². The standard InChI is InChI=1S/C21H24N2O2/c1-25-20-9-7-17(8-10-20)18-13-19(15-22-14-18)21(24)23-12-11-16-5-3-2-4-6-16/h5,7-10,13-15H,2-4,6,11-12H2,1H3,(H,23,24). The number of pyridine rings is 1. The summed E-state index contributed by atoms with van der Waals surface area (Å²) >= 11 is 0. The summed E-state index contributed by atoms with van der Waals surface area (Å²) in [6, 6.07) is 9.62. The molecule has 0 fully saturated rings. The van der Waals surface area contributed by atoms with Gasteiger partial charge in [0.1, 0.15) is 5.75 Å². The van der Waals surface area contributed by atoms with E-state index in [1.54, 1.807) is 19.5 Å². The second kappa shape index (κ2) is 8.47. The first-order chi connectivity index (χ1) is 12.3. The zero-order valence-electron chi connectivity index (χ0n) is 14.6. The van der Waals surface area contributed by atoms with Crippen LogP contribution in [0.1, 0.15) is 42.5 Å². The molecule has 1 heterocycles. The third-order valence-corrected chi connectivity index (χ3v) is 4.54. The van der Waals surface area contributed by atoms with Crippen molar-refractivity contribution in [2.24, 2.45) is 0 Å². The van der Waals surface area contributed by atoms with Crippen LogP contribution in [0.4, 0.5) is 0 Å². The Labute approximate surface area is 148 Å². The molecule has 3 rings (SSSR count). The van der Waals surface area contributed by atoms with Crippen LogP contribution in [0.5, 0.6) is 5.75 Å². The van der Waals surface area contributed by atoms with Gasteiger partial charge in [-0.1, -0.05) is 23.8 Å². The highest BCUT2D eigenvalue weighted by Gasteiger charge is 2.09. The third-order valence-electron chi connectivity index (χ3n) is 4.54. The fourth-order valence-electron chi connectivity index (χ4n) is 3.08. The highest BCUT2D eigenvalue weighted by Crippen LogP contribution is 2.22. The number of rotatable bonds is 6. The molecule has 1 amide bonds. The molecule has 25 heavy (non-hydrogen) atoms. The van der Waals surface area contributed by atoms with Crippen molar-refractivity contribution >= 4 is 5.91 Å². The molecule has 0 atom stereocenters. The molecule has 1 aliphatic rings. The molecular weight excluding hydrogens is 312 g/mol. The SMILES string of the molecule is COc1ccc(-c2cncc(C(=O)NCCC3=CCCCC3)c2)cc1. The van der Waals surface area contributed by atoms with Crippen molar-refractivity contribution in [1.82, 2.24) is 10.3 Å². The maximum Gasteiger partial charge on any atom is 0.252 e. The minimum Gasteiger partial charge on any atom is -0.497 e. The number of nitrogens with one attached hydrogen (secondary N) is 1. The van der Waals surface area contributed by atoms with Crippen LogP contribution in [0.3, 0.4) is 0 Å². The summed E-state index contributed by atoms with van der Waals surface area (Å²) in [5.41, 5.74) is 3.99. The van der Waals surface area contributed by atoms with Gasteiger partial charge < -0.3 is 10.1 Å². The van der Waals surface area contributed by atoms with E-state index in [1.165, 1.54) is 31.3 Å².